The lowest BCUT2D eigenvalue weighted by molar-refractivity contribution is 0.386. The third kappa shape index (κ3) is 2.10. The average molecular weight is 194 g/mol. The van der Waals surface area contributed by atoms with Gasteiger partial charge in [0.2, 0.25) is 5.95 Å². The molecule has 0 amide bonds. The molecule has 1 aromatic rings. The third-order valence-electron chi connectivity index (χ3n) is 1.40. The zero-order valence-electron chi connectivity index (χ0n) is 6.60. The van der Waals surface area contributed by atoms with Gasteiger partial charge in [-0.2, -0.15) is 9.37 Å². The molecule has 0 unspecified atom stereocenters. The summed E-state index contributed by atoms with van der Waals surface area (Å²) in [5.41, 5.74) is -1.02. The fraction of sp³-hybridized carbons (Fsp3) is 0.167. The predicted octanol–water partition coefficient (Wildman–Crippen LogP) is 1.28. The molecule has 1 heterocycles. The monoisotopic (exact) mass is 194 g/mol. The summed E-state index contributed by atoms with van der Waals surface area (Å²) in [7, 11) is 1.01. The van der Waals surface area contributed by atoms with Crippen LogP contribution in [0, 0.1) is 5.95 Å². The Balaban J connectivity index is 3.22. The lowest BCUT2D eigenvalue weighted by atomic mass is 9.81. The highest BCUT2D eigenvalue weighted by molar-refractivity contribution is 6.74. The minimum atomic E-state index is -5.21. The topological polar surface area (TPSA) is 22.1 Å². The normalized spacial score (nSPS) is 11.5. The van der Waals surface area contributed by atoms with E-state index in [0.29, 0.717) is 12.1 Å². The number of hydrogen-bond acceptors (Lipinski definition) is 2. The number of halogens is 4. The molecule has 0 bridgehead atoms. The molecule has 0 aliphatic rings. The Hall–Kier alpha value is -1.27. The Bertz CT molecular complexity index is 314. The van der Waals surface area contributed by atoms with Gasteiger partial charge in [0.15, 0.2) is 5.88 Å². The van der Waals surface area contributed by atoms with Crippen LogP contribution in [0.15, 0.2) is 12.1 Å². The SMILES string of the molecule is COc1nc(F)ccc1[B-](F)(F)F. The molecule has 0 aliphatic heterocycles. The van der Waals surface area contributed by atoms with Crippen LogP contribution in [-0.2, 0) is 0 Å². The van der Waals surface area contributed by atoms with Crippen LogP contribution in [0.3, 0.4) is 0 Å². The predicted molar refractivity (Wildman–Crippen MR) is 39.5 cm³/mol. The second-order valence-corrected chi connectivity index (χ2v) is 2.31. The molecular formula is C6H5BF4NO-. The van der Waals surface area contributed by atoms with Gasteiger partial charge in [-0.1, -0.05) is 6.07 Å². The molecule has 2 nitrogen and oxygen atoms in total. The highest BCUT2D eigenvalue weighted by atomic mass is 19.4. The van der Waals surface area contributed by atoms with Crippen molar-refractivity contribution in [2.45, 2.75) is 0 Å². The third-order valence-corrected chi connectivity index (χ3v) is 1.40. The van der Waals surface area contributed by atoms with Gasteiger partial charge >= 0.3 is 6.98 Å². The molecule has 0 atom stereocenters. The summed E-state index contributed by atoms with van der Waals surface area (Å²) in [6, 6.07) is 1.26. The maximum Gasteiger partial charge on any atom is 0.514 e. The molecule has 7 heteroatoms. The Kier molecular flexibility index (Phi) is 2.44. The van der Waals surface area contributed by atoms with E-state index in [-0.39, 0.29) is 0 Å². The molecule has 0 fully saturated rings. The van der Waals surface area contributed by atoms with Gasteiger partial charge in [0, 0.05) is 0 Å². The maximum atomic E-state index is 12.4. The molecule has 0 saturated heterocycles. The van der Waals surface area contributed by atoms with Gasteiger partial charge in [0.25, 0.3) is 0 Å². The van der Waals surface area contributed by atoms with Crippen molar-refractivity contribution >= 4 is 12.4 Å². The average Bonchev–Trinajstić information content (AvgIpc) is 2.01. The number of pyridine rings is 1. The Morgan fingerprint density at radius 2 is 1.92 bits per heavy atom. The highest BCUT2D eigenvalue weighted by Crippen LogP contribution is 2.15. The van der Waals surface area contributed by atoms with Crippen LogP contribution in [0.25, 0.3) is 0 Å². The van der Waals surface area contributed by atoms with Crippen LogP contribution >= 0.6 is 0 Å². The van der Waals surface area contributed by atoms with Gasteiger partial charge in [0.05, 0.1) is 7.11 Å². The van der Waals surface area contributed by atoms with E-state index in [0.717, 1.165) is 7.11 Å². The Morgan fingerprint density at radius 1 is 1.31 bits per heavy atom. The number of hydrogen-bond donors (Lipinski definition) is 0. The first-order valence-corrected chi connectivity index (χ1v) is 3.35. The number of aromatic nitrogens is 1. The van der Waals surface area contributed by atoms with Gasteiger partial charge < -0.3 is 17.7 Å². The van der Waals surface area contributed by atoms with Gasteiger partial charge in [0.1, 0.15) is 0 Å². The molecular weight excluding hydrogens is 189 g/mol. The molecule has 0 aromatic carbocycles. The number of rotatable bonds is 2. The Morgan fingerprint density at radius 3 is 2.38 bits per heavy atom. The lowest BCUT2D eigenvalue weighted by Gasteiger charge is -2.16. The highest BCUT2D eigenvalue weighted by Gasteiger charge is 2.30. The van der Waals surface area contributed by atoms with Crippen molar-refractivity contribution in [3.8, 4) is 5.88 Å². The fourth-order valence-corrected chi connectivity index (χ4v) is 0.841. The molecule has 0 N–H and O–H groups in total. The summed E-state index contributed by atoms with van der Waals surface area (Å²) in [5, 5.41) is 0. The van der Waals surface area contributed by atoms with E-state index in [9.17, 15) is 17.3 Å². The standard InChI is InChI=1S/C6H5BF4NO/c1-13-6-4(7(9,10)11)2-3-5(8)12-6/h2-3H,1H3/q-1. The van der Waals surface area contributed by atoms with Crippen molar-refractivity contribution in [1.82, 2.24) is 4.98 Å². The van der Waals surface area contributed by atoms with E-state index in [1.54, 1.807) is 0 Å². The molecule has 1 rings (SSSR count). The van der Waals surface area contributed by atoms with Crippen molar-refractivity contribution in [3.63, 3.8) is 0 Å². The molecule has 72 valence electrons. The Labute approximate surface area is 71.6 Å². The van der Waals surface area contributed by atoms with Crippen LogP contribution in [0.2, 0.25) is 0 Å². The summed E-state index contributed by atoms with van der Waals surface area (Å²) in [6.45, 7) is -5.21. The number of methoxy groups -OCH3 is 1. The van der Waals surface area contributed by atoms with Gasteiger partial charge in [-0.25, -0.2) is 0 Å². The first kappa shape index (κ1) is 9.82. The second-order valence-electron chi connectivity index (χ2n) is 2.31. The van der Waals surface area contributed by atoms with Crippen LogP contribution < -0.4 is 10.2 Å². The van der Waals surface area contributed by atoms with E-state index in [4.69, 9.17) is 0 Å². The zero-order chi connectivity index (χ0) is 10.1. The van der Waals surface area contributed by atoms with Crippen LogP contribution in [-0.4, -0.2) is 19.1 Å². The van der Waals surface area contributed by atoms with Crippen molar-refractivity contribution in [1.29, 1.82) is 0 Å². The van der Waals surface area contributed by atoms with Crippen LogP contribution in [0.4, 0.5) is 17.3 Å². The van der Waals surface area contributed by atoms with E-state index >= 15 is 0 Å². The summed E-state index contributed by atoms with van der Waals surface area (Å²) in [4.78, 5) is 2.96. The molecule has 0 spiro atoms. The zero-order valence-corrected chi connectivity index (χ0v) is 6.60. The minimum Gasteiger partial charge on any atom is -0.483 e. The summed E-state index contributed by atoms with van der Waals surface area (Å²) in [5.74, 6) is -1.73. The fourth-order valence-electron chi connectivity index (χ4n) is 0.841. The van der Waals surface area contributed by atoms with Crippen molar-refractivity contribution in [2.75, 3.05) is 7.11 Å². The van der Waals surface area contributed by atoms with E-state index in [1.807, 2.05) is 0 Å². The number of nitrogens with zero attached hydrogens (tertiary/aromatic N) is 1. The largest absolute Gasteiger partial charge is 0.514 e. The first-order chi connectivity index (χ1) is 5.95. The van der Waals surface area contributed by atoms with Crippen molar-refractivity contribution < 1.29 is 22.1 Å². The smallest absolute Gasteiger partial charge is 0.483 e. The van der Waals surface area contributed by atoms with E-state index < -0.39 is 24.3 Å². The molecule has 13 heavy (non-hydrogen) atoms. The van der Waals surface area contributed by atoms with Crippen molar-refractivity contribution in [3.05, 3.63) is 18.1 Å². The summed E-state index contributed by atoms with van der Waals surface area (Å²) >= 11 is 0. The van der Waals surface area contributed by atoms with E-state index in [1.165, 1.54) is 0 Å². The lowest BCUT2D eigenvalue weighted by Crippen LogP contribution is -2.35. The molecule has 0 aliphatic carbocycles. The van der Waals surface area contributed by atoms with Crippen LogP contribution in [0.1, 0.15) is 0 Å². The van der Waals surface area contributed by atoms with E-state index in [2.05, 4.69) is 9.72 Å². The van der Waals surface area contributed by atoms with Crippen molar-refractivity contribution in [2.24, 2.45) is 0 Å². The first-order valence-electron chi connectivity index (χ1n) is 3.35. The summed E-state index contributed by atoms with van der Waals surface area (Å²) in [6.07, 6.45) is 0. The van der Waals surface area contributed by atoms with Gasteiger partial charge in [-0.3, -0.25) is 0 Å². The second kappa shape index (κ2) is 3.23. The number of ether oxygens (including phenoxy) is 1. The molecule has 0 radical (unpaired) electrons. The maximum absolute atomic E-state index is 12.4. The van der Waals surface area contributed by atoms with Gasteiger partial charge in [-0.05, 0) is 11.5 Å². The molecule has 0 saturated carbocycles. The molecule has 1 aromatic heterocycles. The summed E-state index contributed by atoms with van der Waals surface area (Å²) < 4.78 is 53.2. The van der Waals surface area contributed by atoms with Gasteiger partial charge in [-0.15, -0.1) is 0 Å². The quantitative estimate of drug-likeness (QED) is 0.401. The van der Waals surface area contributed by atoms with Crippen LogP contribution in [0.5, 0.6) is 5.88 Å². The minimum absolute atomic E-state index is 0.612.